The first-order chi connectivity index (χ1) is 12.5. The topological polar surface area (TPSA) is 79.3 Å². The Morgan fingerprint density at radius 1 is 1.35 bits per heavy atom. The Bertz CT molecular complexity index is 831. The summed E-state index contributed by atoms with van der Waals surface area (Å²) in [6.07, 6.45) is 1.50. The number of nitrogens with two attached hydrogens (primary N) is 1. The summed E-state index contributed by atoms with van der Waals surface area (Å²) in [4.78, 5) is 14.4. The highest BCUT2D eigenvalue weighted by Gasteiger charge is 2.37. The molecule has 0 saturated carbocycles. The van der Waals surface area contributed by atoms with Gasteiger partial charge in [0.15, 0.2) is 0 Å². The Hall–Kier alpha value is -2.52. The van der Waals surface area contributed by atoms with Crippen LogP contribution >= 0.6 is 11.3 Å². The summed E-state index contributed by atoms with van der Waals surface area (Å²) in [6.45, 7) is 5.54. The van der Waals surface area contributed by atoms with E-state index in [-0.39, 0.29) is 5.97 Å². The number of ether oxygens (including phenoxy) is 1. The van der Waals surface area contributed by atoms with Gasteiger partial charge in [-0.15, -0.1) is 11.3 Å². The number of piperidine rings is 1. The molecule has 2 aromatic rings. The fourth-order valence-corrected chi connectivity index (χ4v) is 4.71. The number of rotatable bonds is 4. The third-order valence-corrected chi connectivity index (χ3v) is 6.25. The zero-order valence-corrected chi connectivity index (χ0v) is 15.9. The highest BCUT2D eigenvalue weighted by molar-refractivity contribution is 7.20. The van der Waals surface area contributed by atoms with E-state index in [9.17, 15) is 10.1 Å². The van der Waals surface area contributed by atoms with E-state index in [2.05, 4.69) is 11.0 Å². The molecule has 1 fully saturated rings. The van der Waals surface area contributed by atoms with Gasteiger partial charge in [0.05, 0.1) is 28.7 Å². The van der Waals surface area contributed by atoms with E-state index < -0.39 is 5.41 Å². The van der Waals surface area contributed by atoms with Crippen LogP contribution in [0.4, 0.5) is 10.0 Å². The van der Waals surface area contributed by atoms with Gasteiger partial charge in [-0.3, -0.25) is 0 Å². The number of anilines is 2. The summed E-state index contributed by atoms with van der Waals surface area (Å²) in [5.74, 6) is -0.363. The monoisotopic (exact) mass is 369 g/mol. The van der Waals surface area contributed by atoms with Crippen LogP contribution in [0.1, 0.15) is 41.3 Å². The smallest absolute Gasteiger partial charge is 0.341 e. The standard InChI is InChI=1S/C20H23N3O2S/c1-3-25-19(24)16-14(2)18(26-17(16)22)23-11-9-20(13-21,10-12-23)15-7-5-4-6-8-15/h4-8H,3,9-12,22H2,1-2H3. The zero-order valence-electron chi connectivity index (χ0n) is 15.1. The van der Waals surface area contributed by atoms with Gasteiger partial charge in [0, 0.05) is 18.7 Å². The van der Waals surface area contributed by atoms with Crippen molar-refractivity contribution in [2.75, 3.05) is 30.3 Å². The molecule has 0 radical (unpaired) electrons. The molecule has 0 aliphatic carbocycles. The molecule has 2 heterocycles. The van der Waals surface area contributed by atoms with E-state index in [4.69, 9.17) is 10.5 Å². The minimum atomic E-state index is -0.446. The average Bonchev–Trinajstić information content (AvgIpc) is 2.97. The molecule has 0 atom stereocenters. The third kappa shape index (κ3) is 3.15. The van der Waals surface area contributed by atoms with Gasteiger partial charge in [0.1, 0.15) is 5.00 Å². The van der Waals surface area contributed by atoms with Crippen molar-refractivity contribution in [3.63, 3.8) is 0 Å². The second-order valence-electron chi connectivity index (χ2n) is 6.54. The summed E-state index contributed by atoms with van der Waals surface area (Å²) < 4.78 is 5.12. The summed E-state index contributed by atoms with van der Waals surface area (Å²) in [5, 5.41) is 11.3. The van der Waals surface area contributed by atoms with E-state index in [0.717, 1.165) is 42.1 Å². The van der Waals surface area contributed by atoms with Crippen LogP contribution in [0, 0.1) is 18.3 Å². The van der Waals surface area contributed by atoms with Crippen LogP contribution in [-0.2, 0) is 10.2 Å². The number of carbonyl (C=O) groups is 1. The SMILES string of the molecule is CCOC(=O)c1c(N)sc(N2CCC(C#N)(c3ccccc3)CC2)c1C. The molecule has 26 heavy (non-hydrogen) atoms. The number of nitriles is 1. The summed E-state index contributed by atoms with van der Waals surface area (Å²) in [5.41, 5.74) is 8.07. The zero-order chi connectivity index (χ0) is 18.7. The van der Waals surface area contributed by atoms with Crippen LogP contribution in [0.15, 0.2) is 30.3 Å². The van der Waals surface area contributed by atoms with Gasteiger partial charge in [-0.25, -0.2) is 4.79 Å². The van der Waals surface area contributed by atoms with Gasteiger partial charge in [0.2, 0.25) is 0 Å². The van der Waals surface area contributed by atoms with Crippen LogP contribution in [-0.4, -0.2) is 25.7 Å². The highest BCUT2D eigenvalue weighted by atomic mass is 32.1. The quantitative estimate of drug-likeness (QED) is 0.828. The van der Waals surface area contributed by atoms with Crippen LogP contribution < -0.4 is 10.6 Å². The molecule has 3 rings (SSSR count). The first-order valence-corrected chi connectivity index (χ1v) is 9.61. The van der Waals surface area contributed by atoms with Crippen LogP contribution in [0.3, 0.4) is 0 Å². The Morgan fingerprint density at radius 3 is 2.58 bits per heavy atom. The molecule has 1 saturated heterocycles. The Morgan fingerprint density at radius 2 is 2.00 bits per heavy atom. The molecule has 0 spiro atoms. The number of thiophene rings is 1. The van der Waals surface area contributed by atoms with Crippen molar-refractivity contribution in [3.8, 4) is 6.07 Å². The molecule has 1 aromatic heterocycles. The lowest BCUT2D eigenvalue weighted by atomic mass is 9.74. The maximum absolute atomic E-state index is 12.2. The predicted octanol–water partition coefficient (Wildman–Crippen LogP) is 3.88. The van der Waals surface area contributed by atoms with Crippen LogP contribution in [0.2, 0.25) is 0 Å². The Balaban J connectivity index is 1.82. The fraction of sp³-hybridized carbons (Fsp3) is 0.400. The molecule has 5 nitrogen and oxygen atoms in total. The third-order valence-electron chi connectivity index (χ3n) is 5.07. The summed E-state index contributed by atoms with van der Waals surface area (Å²) in [6, 6.07) is 12.6. The summed E-state index contributed by atoms with van der Waals surface area (Å²) in [7, 11) is 0. The van der Waals surface area contributed by atoms with E-state index in [0.29, 0.717) is 17.2 Å². The molecule has 2 N–H and O–H groups in total. The molecule has 0 amide bonds. The first kappa shape index (κ1) is 18.3. The van der Waals surface area contributed by atoms with Gasteiger partial charge >= 0.3 is 5.97 Å². The van der Waals surface area contributed by atoms with Crippen molar-refractivity contribution in [2.24, 2.45) is 0 Å². The van der Waals surface area contributed by atoms with Crippen molar-refractivity contribution in [1.29, 1.82) is 5.26 Å². The molecule has 1 aliphatic rings. The van der Waals surface area contributed by atoms with Gasteiger partial charge < -0.3 is 15.4 Å². The van der Waals surface area contributed by atoms with Crippen molar-refractivity contribution < 1.29 is 9.53 Å². The minimum Gasteiger partial charge on any atom is -0.462 e. The maximum atomic E-state index is 12.2. The lowest BCUT2D eigenvalue weighted by molar-refractivity contribution is 0.0527. The number of esters is 1. The molecular formula is C20H23N3O2S. The Kier molecular flexibility index (Phi) is 5.19. The van der Waals surface area contributed by atoms with E-state index in [1.54, 1.807) is 6.92 Å². The molecule has 0 bridgehead atoms. The largest absolute Gasteiger partial charge is 0.462 e. The van der Waals surface area contributed by atoms with Gasteiger partial charge in [-0.2, -0.15) is 5.26 Å². The van der Waals surface area contributed by atoms with Crippen molar-refractivity contribution in [1.82, 2.24) is 0 Å². The van der Waals surface area contributed by atoms with Crippen LogP contribution in [0.5, 0.6) is 0 Å². The molecule has 136 valence electrons. The summed E-state index contributed by atoms with van der Waals surface area (Å²) >= 11 is 1.43. The first-order valence-electron chi connectivity index (χ1n) is 8.80. The van der Waals surface area contributed by atoms with E-state index >= 15 is 0 Å². The molecular weight excluding hydrogens is 346 g/mol. The number of nitrogen functional groups attached to an aromatic ring is 1. The fourth-order valence-electron chi connectivity index (χ4n) is 3.60. The lowest BCUT2D eigenvalue weighted by Gasteiger charge is -2.38. The van der Waals surface area contributed by atoms with Crippen LogP contribution in [0.25, 0.3) is 0 Å². The number of hydrogen-bond acceptors (Lipinski definition) is 6. The lowest BCUT2D eigenvalue weighted by Crippen LogP contribution is -2.41. The normalized spacial score (nSPS) is 16.1. The second-order valence-corrected chi connectivity index (χ2v) is 7.57. The molecule has 0 unspecified atom stereocenters. The minimum absolute atomic E-state index is 0.328. The molecule has 1 aliphatic heterocycles. The molecule has 6 heteroatoms. The van der Waals surface area contributed by atoms with Gasteiger partial charge in [0.25, 0.3) is 0 Å². The van der Waals surface area contributed by atoms with Crippen molar-refractivity contribution in [3.05, 3.63) is 47.0 Å². The Labute approximate surface area is 158 Å². The highest BCUT2D eigenvalue weighted by Crippen LogP contribution is 2.42. The maximum Gasteiger partial charge on any atom is 0.341 e. The van der Waals surface area contributed by atoms with E-state index in [1.807, 2.05) is 37.3 Å². The van der Waals surface area contributed by atoms with Crippen molar-refractivity contribution >= 4 is 27.3 Å². The average molecular weight is 369 g/mol. The van der Waals surface area contributed by atoms with E-state index in [1.165, 1.54) is 11.3 Å². The number of carbonyl (C=O) groups excluding carboxylic acids is 1. The predicted molar refractivity (Wildman–Crippen MR) is 105 cm³/mol. The van der Waals surface area contributed by atoms with Crippen molar-refractivity contribution in [2.45, 2.75) is 32.1 Å². The molecule has 1 aromatic carbocycles. The number of nitrogens with zero attached hydrogens (tertiary/aromatic N) is 2. The second kappa shape index (κ2) is 7.38. The number of hydrogen-bond donors (Lipinski definition) is 1. The number of benzene rings is 1. The van der Waals surface area contributed by atoms with Gasteiger partial charge in [-0.1, -0.05) is 30.3 Å². The van der Waals surface area contributed by atoms with Gasteiger partial charge in [-0.05, 0) is 32.3 Å².